The number of amides is 1. The fraction of sp³-hybridized carbons (Fsp3) is 0.435. The Labute approximate surface area is 196 Å². The van der Waals surface area contributed by atoms with Gasteiger partial charge in [0, 0.05) is 12.6 Å². The van der Waals surface area contributed by atoms with Crippen LogP contribution in [0.3, 0.4) is 0 Å². The fourth-order valence-electron chi connectivity index (χ4n) is 3.87. The second kappa shape index (κ2) is 9.17. The van der Waals surface area contributed by atoms with E-state index in [2.05, 4.69) is 11.6 Å². The summed E-state index contributed by atoms with van der Waals surface area (Å²) in [5.74, 6) is -0.815. The lowest BCUT2D eigenvalue weighted by Crippen LogP contribution is -2.35. The normalized spacial score (nSPS) is 18.6. The van der Waals surface area contributed by atoms with Crippen LogP contribution in [0.4, 0.5) is 5.69 Å². The van der Waals surface area contributed by atoms with Gasteiger partial charge in [0.2, 0.25) is 26.0 Å². The van der Waals surface area contributed by atoms with E-state index < -0.39 is 31.4 Å². The SMILES string of the molecule is CCc1ccc([C@@H](CNS(=O)(=O)c2ccc(N3C(=O)C(C)(C)CS3(=O)=O)cc2)N(C)C)cc1. The van der Waals surface area contributed by atoms with Crippen LogP contribution in [-0.4, -0.2) is 54.0 Å². The molecule has 1 saturated heterocycles. The van der Waals surface area contributed by atoms with Gasteiger partial charge in [-0.15, -0.1) is 0 Å². The van der Waals surface area contributed by atoms with Crippen molar-refractivity contribution >= 4 is 31.6 Å². The van der Waals surface area contributed by atoms with E-state index in [0.717, 1.165) is 16.3 Å². The topological polar surface area (TPSA) is 104 Å². The number of aryl methyl sites for hydroxylation is 1. The van der Waals surface area contributed by atoms with E-state index in [-0.39, 0.29) is 28.9 Å². The first-order chi connectivity index (χ1) is 15.3. The average Bonchev–Trinajstić information content (AvgIpc) is 2.90. The van der Waals surface area contributed by atoms with Gasteiger partial charge in [0.15, 0.2) is 0 Å². The molecule has 1 N–H and O–H groups in total. The van der Waals surface area contributed by atoms with Crippen molar-refractivity contribution in [2.75, 3.05) is 30.7 Å². The first kappa shape index (κ1) is 25.4. The molecule has 0 aliphatic carbocycles. The number of likely N-dealkylation sites (N-methyl/N-ethyl adjacent to an activating group) is 1. The number of rotatable bonds is 8. The number of hydrogen-bond donors (Lipinski definition) is 1. The molecule has 10 heteroatoms. The third-order valence-electron chi connectivity index (χ3n) is 5.83. The Hall–Kier alpha value is -2.27. The average molecular weight is 494 g/mol. The molecule has 1 atom stereocenters. The van der Waals surface area contributed by atoms with Gasteiger partial charge < -0.3 is 4.90 Å². The van der Waals surface area contributed by atoms with Gasteiger partial charge in [-0.2, -0.15) is 0 Å². The summed E-state index contributed by atoms with van der Waals surface area (Å²) in [6, 6.07) is 13.2. The Morgan fingerprint density at radius 2 is 1.64 bits per heavy atom. The molecule has 33 heavy (non-hydrogen) atoms. The molecule has 180 valence electrons. The van der Waals surface area contributed by atoms with Crippen LogP contribution < -0.4 is 9.03 Å². The van der Waals surface area contributed by atoms with Crippen molar-refractivity contribution in [3.63, 3.8) is 0 Å². The number of hydrogen-bond acceptors (Lipinski definition) is 6. The molecular formula is C23H31N3O5S2. The molecule has 1 fully saturated rings. The lowest BCUT2D eigenvalue weighted by Gasteiger charge is -2.25. The van der Waals surface area contributed by atoms with Crippen LogP contribution in [0, 0.1) is 5.41 Å². The van der Waals surface area contributed by atoms with Gasteiger partial charge in [-0.3, -0.25) is 4.79 Å². The summed E-state index contributed by atoms with van der Waals surface area (Å²) < 4.78 is 54.1. The number of carbonyl (C=O) groups excluding carboxylic acids is 1. The van der Waals surface area contributed by atoms with Crippen molar-refractivity contribution < 1.29 is 21.6 Å². The first-order valence-corrected chi connectivity index (χ1v) is 13.8. The van der Waals surface area contributed by atoms with Crippen molar-refractivity contribution in [3.05, 3.63) is 59.7 Å². The maximum absolute atomic E-state index is 12.9. The largest absolute Gasteiger partial charge is 0.301 e. The molecule has 1 amide bonds. The lowest BCUT2D eigenvalue weighted by molar-refractivity contribution is -0.123. The zero-order chi connectivity index (χ0) is 24.6. The van der Waals surface area contributed by atoms with Crippen LogP contribution in [0.5, 0.6) is 0 Å². The molecule has 0 radical (unpaired) electrons. The summed E-state index contributed by atoms with van der Waals surface area (Å²) in [5.41, 5.74) is 1.31. The third-order valence-corrected chi connectivity index (χ3v) is 9.29. The minimum atomic E-state index is -3.84. The minimum Gasteiger partial charge on any atom is -0.301 e. The molecule has 1 heterocycles. The maximum atomic E-state index is 12.9. The van der Waals surface area contributed by atoms with Crippen molar-refractivity contribution in [2.24, 2.45) is 5.41 Å². The Balaban J connectivity index is 1.78. The van der Waals surface area contributed by atoms with Crippen molar-refractivity contribution in [3.8, 4) is 0 Å². The van der Waals surface area contributed by atoms with Crippen LogP contribution in [0.2, 0.25) is 0 Å². The van der Waals surface area contributed by atoms with Crippen molar-refractivity contribution in [2.45, 2.75) is 38.1 Å². The van der Waals surface area contributed by atoms with E-state index in [4.69, 9.17) is 0 Å². The number of benzene rings is 2. The number of carbonyl (C=O) groups is 1. The molecule has 0 aromatic heterocycles. The van der Waals surface area contributed by atoms with Gasteiger partial charge in [-0.05, 0) is 69.8 Å². The maximum Gasteiger partial charge on any atom is 0.247 e. The number of nitrogens with one attached hydrogen (secondary N) is 1. The fourth-order valence-corrected chi connectivity index (χ4v) is 7.01. The van der Waals surface area contributed by atoms with E-state index in [1.54, 1.807) is 13.8 Å². The van der Waals surface area contributed by atoms with Crippen LogP contribution >= 0.6 is 0 Å². The monoisotopic (exact) mass is 493 g/mol. The highest BCUT2D eigenvalue weighted by Gasteiger charge is 2.49. The highest BCUT2D eigenvalue weighted by atomic mass is 32.2. The van der Waals surface area contributed by atoms with Gasteiger partial charge in [-0.25, -0.2) is 25.9 Å². The van der Waals surface area contributed by atoms with Gasteiger partial charge in [-0.1, -0.05) is 31.2 Å². The van der Waals surface area contributed by atoms with E-state index in [9.17, 15) is 21.6 Å². The molecule has 0 saturated carbocycles. The number of anilines is 1. The van der Waals surface area contributed by atoms with Crippen LogP contribution in [-0.2, 0) is 31.3 Å². The highest BCUT2D eigenvalue weighted by molar-refractivity contribution is 7.94. The summed E-state index contributed by atoms with van der Waals surface area (Å²) in [7, 11) is -3.87. The predicted molar refractivity (Wildman–Crippen MR) is 129 cm³/mol. The quantitative estimate of drug-likeness (QED) is 0.606. The molecule has 0 spiro atoms. The zero-order valence-electron chi connectivity index (χ0n) is 19.6. The van der Waals surface area contributed by atoms with Crippen LogP contribution in [0.25, 0.3) is 0 Å². The van der Waals surface area contributed by atoms with Crippen LogP contribution in [0.15, 0.2) is 53.4 Å². The summed E-state index contributed by atoms with van der Waals surface area (Å²) in [6.07, 6.45) is 0.928. The van der Waals surface area contributed by atoms with Gasteiger partial charge >= 0.3 is 0 Å². The molecular weight excluding hydrogens is 462 g/mol. The molecule has 0 unspecified atom stereocenters. The highest BCUT2D eigenvalue weighted by Crippen LogP contribution is 2.36. The Morgan fingerprint density at radius 3 is 2.09 bits per heavy atom. The smallest absolute Gasteiger partial charge is 0.247 e. The van der Waals surface area contributed by atoms with Crippen molar-refractivity contribution in [1.29, 1.82) is 0 Å². The van der Waals surface area contributed by atoms with Gasteiger partial charge in [0.05, 0.1) is 21.8 Å². The Bertz CT molecular complexity index is 1220. The summed E-state index contributed by atoms with van der Waals surface area (Å²) in [4.78, 5) is 14.5. The standard InChI is InChI=1S/C23H31N3O5S2/c1-6-17-7-9-18(10-8-17)21(25(4)5)15-24-33(30,31)20-13-11-19(12-14-20)26-22(27)23(2,3)16-32(26,28)29/h7-14,21,24H,6,15-16H2,1-5H3/t21-/m1/s1. The van der Waals surface area contributed by atoms with Crippen LogP contribution in [0.1, 0.15) is 37.9 Å². The van der Waals surface area contributed by atoms with E-state index in [1.165, 1.54) is 29.8 Å². The third kappa shape index (κ3) is 5.29. The molecule has 1 aliphatic rings. The second-order valence-corrected chi connectivity index (χ2v) is 12.7. The predicted octanol–water partition coefficient (Wildman–Crippen LogP) is 2.53. The molecule has 8 nitrogen and oxygen atoms in total. The van der Waals surface area contributed by atoms with E-state index in [0.29, 0.717) is 0 Å². The zero-order valence-corrected chi connectivity index (χ0v) is 21.2. The van der Waals surface area contributed by atoms with Gasteiger partial charge in [0.1, 0.15) is 0 Å². The minimum absolute atomic E-state index is 0.00612. The second-order valence-electron chi connectivity index (χ2n) is 9.13. The molecule has 2 aromatic rings. The Kier molecular flexibility index (Phi) is 7.05. The molecule has 2 aromatic carbocycles. The number of nitrogens with zero attached hydrogens (tertiary/aromatic N) is 2. The summed E-state index contributed by atoms with van der Waals surface area (Å²) in [6.45, 7) is 5.39. The van der Waals surface area contributed by atoms with E-state index >= 15 is 0 Å². The first-order valence-electron chi connectivity index (χ1n) is 10.7. The molecule has 0 bridgehead atoms. The van der Waals surface area contributed by atoms with Crippen molar-refractivity contribution in [1.82, 2.24) is 9.62 Å². The van der Waals surface area contributed by atoms with E-state index in [1.807, 2.05) is 43.3 Å². The van der Waals surface area contributed by atoms with Gasteiger partial charge in [0.25, 0.3) is 0 Å². The molecule has 3 rings (SSSR count). The summed E-state index contributed by atoms with van der Waals surface area (Å²) >= 11 is 0. The number of sulfonamides is 2. The lowest BCUT2D eigenvalue weighted by atomic mass is 9.95. The summed E-state index contributed by atoms with van der Waals surface area (Å²) in [5, 5.41) is 0. The molecule has 1 aliphatic heterocycles. The Morgan fingerprint density at radius 1 is 1.06 bits per heavy atom.